The first kappa shape index (κ1) is 20.7. The van der Waals surface area contributed by atoms with Crippen LogP contribution in [0.4, 0.5) is 5.88 Å². The topological polar surface area (TPSA) is 125 Å². The molecule has 0 saturated heterocycles. The number of nitro groups is 1. The second kappa shape index (κ2) is 9.95. The molecule has 0 aliphatic heterocycles. The van der Waals surface area contributed by atoms with Gasteiger partial charge in [-0.15, -0.1) is 0 Å². The zero-order chi connectivity index (χ0) is 20.5. The van der Waals surface area contributed by atoms with E-state index < -0.39 is 16.7 Å². The first-order valence-electron chi connectivity index (χ1n) is 8.64. The highest BCUT2D eigenvalue weighted by Crippen LogP contribution is 2.39. The fourth-order valence-corrected chi connectivity index (χ4v) is 2.25. The number of hydrogen-bond donors (Lipinski definition) is 1. The second-order valence-electron chi connectivity index (χ2n) is 5.23. The molecule has 2 rings (SSSR count). The van der Waals surface area contributed by atoms with E-state index in [1.165, 1.54) is 24.3 Å². The summed E-state index contributed by atoms with van der Waals surface area (Å²) in [6.45, 7) is 6.63. The van der Waals surface area contributed by atoms with Gasteiger partial charge in [-0.1, -0.05) is 0 Å². The molecule has 0 fully saturated rings. The van der Waals surface area contributed by atoms with E-state index in [0.717, 1.165) is 6.21 Å². The average molecular weight is 391 g/mol. The molecule has 1 amide bonds. The molecule has 0 aliphatic carbocycles. The van der Waals surface area contributed by atoms with Crippen LogP contribution in [0.1, 0.15) is 36.9 Å². The highest BCUT2D eigenvalue weighted by atomic mass is 16.6. The van der Waals surface area contributed by atoms with Gasteiger partial charge in [0, 0.05) is 5.56 Å². The van der Waals surface area contributed by atoms with Crippen LogP contribution in [0.15, 0.2) is 33.8 Å². The van der Waals surface area contributed by atoms with Gasteiger partial charge in [0.05, 0.1) is 32.1 Å². The van der Waals surface area contributed by atoms with E-state index in [-0.39, 0.29) is 11.3 Å². The molecule has 10 nitrogen and oxygen atoms in total. The van der Waals surface area contributed by atoms with Crippen molar-refractivity contribution in [3.63, 3.8) is 0 Å². The van der Waals surface area contributed by atoms with Crippen molar-refractivity contribution in [3.8, 4) is 17.2 Å². The number of nitrogens with one attached hydrogen (secondary N) is 1. The molecule has 0 unspecified atom stereocenters. The quantitative estimate of drug-likeness (QED) is 0.374. The van der Waals surface area contributed by atoms with Crippen molar-refractivity contribution in [3.05, 3.63) is 45.7 Å². The maximum absolute atomic E-state index is 12.4. The molecule has 0 atom stereocenters. The van der Waals surface area contributed by atoms with E-state index in [0.29, 0.717) is 37.1 Å². The van der Waals surface area contributed by atoms with Crippen molar-refractivity contribution in [2.24, 2.45) is 5.10 Å². The van der Waals surface area contributed by atoms with Gasteiger partial charge in [0.2, 0.25) is 5.75 Å². The molecule has 1 N–H and O–H groups in total. The molecule has 0 radical (unpaired) electrons. The fraction of sp³-hybridized carbons (Fsp3) is 0.333. The Bertz CT molecular complexity index is 834. The van der Waals surface area contributed by atoms with Gasteiger partial charge in [-0.05, 0) is 39.0 Å². The van der Waals surface area contributed by atoms with E-state index in [1.807, 2.05) is 20.8 Å². The number of ether oxygens (including phenoxy) is 3. The highest BCUT2D eigenvalue weighted by molar-refractivity contribution is 5.96. The Morgan fingerprint density at radius 3 is 2.25 bits per heavy atom. The molecule has 0 aliphatic rings. The van der Waals surface area contributed by atoms with Crippen molar-refractivity contribution < 1.29 is 28.3 Å². The van der Waals surface area contributed by atoms with Crippen molar-refractivity contribution in [2.45, 2.75) is 20.8 Å². The summed E-state index contributed by atoms with van der Waals surface area (Å²) in [5.74, 6) is 0.374. The summed E-state index contributed by atoms with van der Waals surface area (Å²) in [5.41, 5.74) is 2.57. The van der Waals surface area contributed by atoms with Gasteiger partial charge in [0.25, 0.3) is 5.91 Å². The maximum Gasteiger partial charge on any atom is 0.433 e. The summed E-state index contributed by atoms with van der Waals surface area (Å²) < 4.78 is 21.6. The zero-order valence-corrected chi connectivity index (χ0v) is 15.8. The first-order valence-corrected chi connectivity index (χ1v) is 8.64. The Labute approximate surface area is 161 Å². The van der Waals surface area contributed by atoms with E-state index in [1.54, 1.807) is 0 Å². The Hall–Kier alpha value is -3.56. The summed E-state index contributed by atoms with van der Waals surface area (Å²) in [7, 11) is 0. The van der Waals surface area contributed by atoms with E-state index in [9.17, 15) is 14.9 Å². The standard InChI is InChI=1S/C18H21N3O7/c1-4-25-14-9-12(10-15(26-5-2)17(14)27-6-3)18(22)20-19-11-13-7-8-16(28-13)21(23)24/h7-11H,4-6H2,1-3H3,(H,20,22)/b19-11-. The van der Waals surface area contributed by atoms with Crippen LogP contribution in [0.5, 0.6) is 17.2 Å². The van der Waals surface area contributed by atoms with Crippen LogP contribution < -0.4 is 19.6 Å². The number of hydrogen-bond acceptors (Lipinski definition) is 8. The van der Waals surface area contributed by atoms with E-state index >= 15 is 0 Å². The molecule has 0 saturated carbocycles. The van der Waals surface area contributed by atoms with Gasteiger partial charge in [0.15, 0.2) is 17.3 Å². The summed E-state index contributed by atoms with van der Waals surface area (Å²) in [6, 6.07) is 5.61. The van der Waals surface area contributed by atoms with Crippen molar-refractivity contribution in [1.82, 2.24) is 5.43 Å². The molecule has 0 spiro atoms. The predicted octanol–water partition coefficient (Wildman–Crippen LogP) is 3.15. The van der Waals surface area contributed by atoms with Gasteiger partial charge >= 0.3 is 5.88 Å². The Kier molecular flexibility index (Phi) is 7.37. The third kappa shape index (κ3) is 5.22. The fourth-order valence-electron chi connectivity index (χ4n) is 2.25. The number of rotatable bonds is 10. The van der Waals surface area contributed by atoms with E-state index in [4.69, 9.17) is 18.6 Å². The number of carbonyl (C=O) groups excluding carboxylic acids is 1. The molecule has 1 aromatic carbocycles. The van der Waals surface area contributed by atoms with Crippen LogP contribution in [0.25, 0.3) is 0 Å². The van der Waals surface area contributed by atoms with Gasteiger partial charge in [-0.25, -0.2) is 5.43 Å². The summed E-state index contributed by atoms with van der Waals surface area (Å²) in [5, 5.41) is 14.3. The van der Waals surface area contributed by atoms with Gasteiger partial charge in [-0.3, -0.25) is 14.9 Å². The monoisotopic (exact) mass is 391 g/mol. The van der Waals surface area contributed by atoms with E-state index in [2.05, 4.69) is 10.5 Å². The molecular weight excluding hydrogens is 370 g/mol. The largest absolute Gasteiger partial charge is 0.490 e. The lowest BCUT2D eigenvalue weighted by atomic mass is 10.1. The van der Waals surface area contributed by atoms with Crippen LogP contribution in [0.2, 0.25) is 0 Å². The maximum atomic E-state index is 12.4. The Morgan fingerprint density at radius 2 is 1.75 bits per heavy atom. The first-order chi connectivity index (χ1) is 13.5. The van der Waals surface area contributed by atoms with Crippen molar-refractivity contribution >= 4 is 18.0 Å². The minimum Gasteiger partial charge on any atom is -0.490 e. The Balaban J connectivity index is 2.20. The summed E-state index contributed by atoms with van der Waals surface area (Å²) in [4.78, 5) is 22.3. The third-order valence-corrected chi connectivity index (χ3v) is 3.32. The lowest BCUT2D eigenvalue weighted by Gasteiger charge is -2.16. The lowest BCUT2D eigenvalue weighted by Crippen LogP contribution is -2.18. The molecule has 150 valence electrons. The number of furan rings is 1. The number of hydrazone groups is 1. The minimum absolute atomic E-state index is 0.128. The van der Waals surface area contributed by atoms with Crippen molar-refractivity contribution in [2.75, 3.05) is 19.8 Å². The zero-order valence-electron chi connectivity index (χ0n) is 15.8. The SMILES string of the molecule is CCOc1cc(C(=O)N/N=C\c2ccc([N+](=O)[O-])o2)cc(OCC)c1OCC. The van der Waals surface area contributed by atoms with Crippen LogP contribution in [-0.2, 0) is 0 Å². The molecule has 28 heavy (non-hydrogen) atoms. The summed E-state index contributed by atoms with van der Waals surface area (Å²) in [6.07, 6.45) is 1.16. The third-order valence-electron chi connectivity index (χ3n) is 3.32. The highest BCUT2D eigenvalue weighted by Gasteiger charge is 2.18. The molecular formula is C18H21N3O7. The van der Waals surface area contributed by atoms with Crippen LogP contribution in [0, 0.1) is 10.1 Å². The number of benzene rings is 1. The van der Waals surface area contributed by atoms with Gasteiger partial charge in [0.1, 0.15) is 4.92 Å². The molecule has 0 bridgehead atoms. The van der Waals surface area contributed by atoms with Gasteiger partial charge in [-0.2, -0.15) is 5.10 Å². The number of amides is 1. The van der Waals surface area contributed by atoms with Crippen molar-refractivity contribution in [1.29, 1.82) is 0 Å². The smallest absolute Gasteiger partial charge is 0.433 e. The lowest BCUT2D eigenvalue weighted by molar-refractivity contribution is -0.402. The number of carbonyl (C=O) groups is 1. The molecule has 1 heterocycles. The normalized spacial score (nSPS) is 10.7. The second-order valence-corrected chi connectivity index (χ2v) is 5.23. The minimum atomic E-state index is -0.666. The predicted molar refractivity (Wildman–Crippen MR) is 100 cm³/mol. The van der Waals surface area contributed by atoms with Crippen LogP contribution >= 0.6 is 0 Å². The van der Waals surface area contributed by atoms with Gasteiger partial charge < -0.3 is 18.6 Å². The summed E-state index contributed by atoms with van der Waals surface area (Å²) >= 11 is 0. The van der Waals surface area contributed by atoms with Crippen LogP contribution in [-0.4, -0.2) is 36.9 Å². The Morgan fingerprint density at radius 1 is 1.14 bits per heavy atom. The molecule has 10 heteroatoms. The molecule has 1 aromatic heterocycles. The van der Waals surface area contributed by atoms with Crippen LogP contribution in [0.3, 0.4) is 0 Å². The average Bonchev–Trinajstić information content (AvgIpc) is 3.13. The molecule has 2 aromatic rings. The number of nitrogens with zero attached hydrogens (tertiary/aromatic N) is 2.